The molecule has 1 atom stereocenters. The van der Waals surface area contributed by atoms with E-state index in [1.165, 1.54) is 38.0 Å². The average Bonchev–Trinajstić information content (AvgIpc) is 3.22. The molecule has 9 heteroatoms. The zero-order valence-corrected chi connectivity index (χ0v) is 20.9. The Bertz CT molecular complexity index is 1450. The van der Waals surface area contributed by atoms with Gasteiger partial charge in [-0.1, -0.05) is 42.5 Å². The highest BCUT2D eigenvalue weighted by molar-refractivity contribution is 8.00. The minimum atomic E-state index is -3.60. The predicted molar refractivity (Wildman–Crippen MR) is 134 cm³/mol. The molecule has 0 aliphatic rings. The number of thioether (sulfide) groups is 1. The Hall–Kier alpha value is -3.14. The number of aromatic nitrogens is 1. The molecule has 0 bridgehead atoms. The molecule has 176 valence electrons. The molecule has 4 rings (SSSR count). The van der Waals surface area contributed by atoms with E-state index in [9.17, 15) is 13.2 Å². The maximum Gasteiger partial charge on any atom is 0.257 e. The van der Waals surface area contributed by atoms with Crippen LogP contribution in [0.15, 0.2) is 81.3 Å². The van der Waals surface area contributed by atoms with Crippen LogP contribution in [0.2, 0.25) is 0 Å². The number of nitrogens with zero attached hydrogens (tertiary/aromatic N) is 2. The molecular formula is C25H25N3O4S2. The molecule has 1 N–H and O–H groups in total. The SMILES string of the molecule is Cc1ccc(C)c(NC(=O)C(Sc2nc3cc(S(=O)(=O)N(C)C)ccc3o2)c2ccccc2)c1. The molecule has 1 heterocycles. The molecule has 0 saturated carbocycles. The summed E-state index contributed by atoms with van der Waals surface area (Å²) in [6.07, 6.45) is 0. The van der Waals surface area contributed by atoms with Gasteiger partial charge >= 0.3 is 0 Å². The van der Waals surface area contributed by atoms with Gasteiger partial charge in [0.05, 0.1) is 4.90 Å². The van der Waals surface area contributed by atoms with Crippen molar-refractivity contribution in [2.45, 2.75) is 29.2 Å². The summed E-state index contributed by atoms with van der Waals surface area (Å²) in [5.74, 6) is -0.206. The van der Waals surface area contributed by atoms with Crippen LogP contribution in [0.3, 0.4) is 0 Å². The molecule has 1 amide bonds. The number of amides is 1. The lowest BCUT2D eigenvalue weighted by atomic mass is 10.1. The van der Waals surface area contributed by atoms with Gasteiger partial charge in [0.25, 0.3) is 5.22 Å². The first-order chi connectivity index (χ1) is 16.1. The van der Waals surface area contributed by atoms with Crippen molar-refractivity contribution in [3.05, 3.63) is 83.4 Å². The van der Waals surface area contributed by atoms with E-state index in [1.54, 1.807) is 6.07 Å². The maximum absolute atomic E-state index is 13.4. The number of sulfonamides is 1. The van der Waals surface area contributed by atoms with E-state index in [4.69, 9.17) is 4.42 Å². The predicted octanol–water partition coefficient (Wildman–Crippen LogP) is 5.17. The first-order valence-electron chi connectivity index (χ1n) is 10.6. The Morgan fingerprint density at radius 1 is 1.03 bits per heavy atom. The van der Waals surface area contributed by atoms with Crippen molar-refractivity contribution in [3.8, 4) is 0 Å². The molecule has 1 aromatic heterocycles. The number of fused-ring (bicyclic) bond motifs is 1. The molecule has 0 aliphatic carbocycles. The van der Waals surface area contributed by atoms with Gasteiger partial charge in [0.15, 0.2) is 5.58 Å². The topological polar surface area (TPSA) is 92.5 Å². The number of rotatable bonds is 7. The minimum absolute atomic E-state index is 0.127. The third-order valence-corrected chi connectivity index (χ3v) is 8.24. The van der Waals surface area contributed by atoms with Crippen LogP contribution >= 0.6 is 11.8 Å². The largest absolute Gasteiger partial charge is 0.431 e. The summed E-state index contributed by atoms with van der Waals surface area (Å²) in [6, 6.07) is 19.8. The number of oxazole rings is 1. The Morgan fingerprint density at radius 3 is 2.47 bits per heavy atom. The number of benzene rings is 3. The van der Waals surface area contributed by atoms with Gasteiger partial charge < -0.3 is 9.73 Å². The second-order valence-corrected chi connectivity index (χ2v) is 11.3. The van der Waals surface area contributed by atoms with Crippen molar-refractivity contribution < 1.29 is 17.6 Å². The number of hydrogen-bond acceptors (Lipinski definition) is 6. The van der Waals surface area contributed by atoms with E-state index in [0.717, 1.165) is 26.7 Å². The van der Waals surface area contributed by atoms with E-state index < -0.39 is 15.3 Å². The highest BCUT2D eigenvalue weighted by Gasteiger charge is 2.26. The lowest BCUT2D eigenvalue weighted by Crippen LogP contribution is -2.22. The van der Waals surface area contributed by atoms with Crippen molar-refractivity contribution in [3.63, 3.8) is 0 Å². The van der Waals surface area contributed by atoms with Crippen LogP contribution in [0.25, 0.3) is 11.1 Å². The van der Waals surface area contributed by atoms with Crippen LogP contribution in [0, 0.1) is 13.8 Å². The second kappa shape index (κ2) is 9.61. The zero-order chi connectivity index (χ0) is 24.5. The summed E-state index contributed by atoms with van der Waals surface area (Å²) in [4.78, 5) is 18.0. The number of nitrogens with one attached hydrogen (secondary N) is 1. The number of anilines is 1. The highest BCUT2D eigenvalue weighted by atomic mass is 32.2. The molecule has 0 saturated heterocycles. The van der Waals surface area contributed by atoms with E-state index in [0.29, 0.717) is 11.1 Å². The fourth-order valence-electron chi connectivity index (χ4n) is 3.38. The monoisotopic (exact) mass is 495 g/mol. The second-order valence-electron chi connectivity index (χ2n) is 8.11. The molecule has 1 unspecified atom stereocenters. The highest BCUT2D eigenvalue weighted by Crippen LogP contribution is 2.38. The molecule has 34 heavy (non-hydrogen) atoms. The van der Waals surface area contributed by atoms with E-state index in [-0.39, 0.29) is 16.0 Å². The van der Waals surface area contributed by atoms with Crippen molar-refractivity contribution in [1.29, 1.82) is 0 Å². The van der Waals surface area contributed by atoms with Gasteiger partial charge in [0, 0.05) is 19.8 Å². The molecule has 0 fully saturated rings. The van der Waals surface area contributed by atoms with Crippen LogP contribution in [0.1, 0.15) is 21.9 Å². The van der Waals surface area contributed by atoms with Gasteiger partial charge in [-0.3, -0.25) is 4.79 Å². The number of hydrogen-bond donors (Lipinski definition) is 1. The fourth-order valence-corrected chi connectivity index (χ4v) is 5.25. The standard InChI is InChI=1S/C25H25N3O4S2/c1-16-10-11-17(2)20(14-16)26-24(29)23(18-8-6-5-7-9-18)33-25-27-21-15-19(12-13-22(21)32-25)34(30,31)28(3)4/h5-15,23H,1-4H3,(H,26,29). The van der Waals surface area contributed by atoms with Crippen LogP contribution in [0.4, 0.5) is 5.69 Å². The summed E-state index contributed by atoms with van der Waals surface area (Å²) in [7, 11) is -0.650. The Kier molecular flexibility index (Phi) is 6.79. The molecule has 0 aliphatic heterocycles. The Morgan fingerprint density at radius 2 is 1.76 bits per heavy atom. The Balaban J connectivity index is 1.66. The van der Waals surface area contributed by atoms with Gasteiger partial charge in [0.2, 0.25) is 15.9 Å². The molecular weight excluding hydrogens is 470 g/mol. The van der Waals surface area contributed by atoms with E-state index >= 15 is 0 Å². The number of aryl methyl sites for hydroxylation is 2. The third kappa shape index (κ3) is 5.01. The lowest BCUT2D eigenvalue weighted by molar-refractivity contribution is -0.115. The molecule has 0 spiro atoms. The summed E-state index contributed by atoms with van der Waals surface area (Å²) < 4.78 is 31.9. The maximum atomic E-state index is 13.4. The minimum Gasteiger partial charge on any atom is -0.431 e. The van der Waals surface area contributed by atoms with Crippen molar-refractivity contribution in [2.24, 2.45) is 0 Å². The van der Waals surface area contributed by atoms with E-state index in [2.05, 4.69) is 10.3 Å². The zero-order valence-electron chi connectivity index (χ0n) is 19.3. The van der Waals surface area contributed by atoms with Gasteiger partial charge in [-0.05, 0) is 66.6 Å². The average molecular weight is 496 g/mol. The lowest BCUT2D eigenvalue weighted by Gasteiger charge is -2.16. The fraction of sp³-hybridized carbons (Fsp3) is 0.200. The summed E-state index contributed by atoms with van der Waals surface area (Å²) in [5.41, 5.74) is 4.42. The summed E-state index contributed by atoms with van der Waals surface area (Å²) in [6.45, 7) is 3.92. The third-order valence-electron chi connectivity index (χ3n) is 5.33. The Labute approximate surface area is 203 Å². The van der Waals surface area contributed by atoms with Crippen LogP contribution in [0.5, 0.6) is 0 Å². The van der Waals surface area contributed by atoms with Gasteiger partial charge in [-0.2, -0.15) is 0 Å². The molecule has 7 nitrogen and oxygen atoms in total. The quantitative estimate of drug-likeness (QED) is 0.356. The van der Waals surface area contributed by atoms with Crippen LogP contribution in [-0.4, -0.2) is 37.7 Å². The molecule has 4 aromatic rings. The normalized spacial score (nSPS) is 12.7. The van der Waals surface area contributed by atoms with Crippen LogP contribution < -0.4 is 5.32 Å². The summed E-state index contributed by atoms with van der Waals surface area (Å²) in [5, 5.41) is 2.68. The molecule has 3 aromatic carbocycles. The van der Waals surface area contributed by atoms with Crippen molar-refractivity contribution >= 4 is 44.5 Å². The summed E-state index contributed by atoms with van der Waals surface area (Å²) >= 11 is 1.17. The first kappa shape index (κ1) is 24.0. The first-order valence-corrected chi connectivity index (χ1v) is 12.9. The van der Waals surface area contributed by atoms with E-state index in [1.807, 2.05) is 62.4 Å². The van der Waals surface area contributed by atoms with Gasteiger partial charge in [-0.15, -0.1) is 0 Å². The number of carbonyl (C=O) groups excluding carboxylic acids is 1. The number of carbonyl (C=O) groups is 1. The van der Waals surface area contributed by atoms with Crippen molar-refractivity contribution in [1.82, 2.24) is 9.29 Å². The van der Waals surface area contributed by atoms with Gasteiger partial charge in [-0.25, -0.2) is 17.7 Å². The smallest absolute Gasteiger partial charge is 0.257 e. The molecule has 0 radical (unpaired) electrons. The van der Waals surface area contributed by atoms with Crippen LogP contribution in [-0.2, 0) is 14.8 Å². The van der Waals surface area contributed by atoms with Gasteiger partial charge in [0.1, 0.15) is 10.8 Å². The van der Waals surface area contributed by atoms with Crippen molar-refractivity contribution in [2.75, 3.05) is 19.4 Å².